The minimum Gasteiger partial charge on any atom is -0.450 e. The molecule has 0 aromatic heterocycles. The van der Waals surface area contributed by atoms with Gasteiger partial charge in [0.2, 0.25) is 5.75 Å². The second-order valence-electron chi connectivity index (χ2n) is 3.86. The molecule has 2 aromatic carbocycles. The molecule has 0 aliphatic carbocycles. The summed E-state index contributed by atoms with van der Waals surface area (Å²) in [6.07, 6.45) is 0. The number of nitrogens with zero attached hydrogens (tertiary/aromatic N) is 1. The zero-order valence-corrected chi connectivity index (χ0v) is 12.3. The summed E-state index contributed by atoms with van der Waals surface area (Å²) >= 11 is 9.10. The molecule has 20 heavy (non-hydrogen) atoms. The molecule has 0 N–H and O–H groups in total. The number of nitro benzene ring substituents is 1. The van der Waals surface area contributed by atoms with E-state index in [0.717, 1.165) is 16.6 Å². The first-order valence-electron chi connectivity index (χ1n) is 5.47. The Hall–Kier alpha value is -1.66. The van der Waals surface area contributed by atoms with Gasteiger partial charge in [-0.05, 0) is 30.3 Å². The largest absolute Gasteiger partial charge is 0.450 e. The van der Waals surface area contributed by atoms with E-state index in [4.69, 9.17) is 16.3 Å². The fourth-order valence-corrected chi connectivity index (χ4v) is 2.21. The van der Waals surface area contributed by atoms with E-state index in [0.29, 0.717) is 11.3 Å². The number of rotatable bonds is 4. The molecule has 0 saturated heterocycles. The predicted molar refractivity (Wildman–Crippen MR) is 76.8 cm³/mol. The molecule has 104 valence electrons. The lowest BCUT2D eigenvalue weighted by Gasteiger charge is -2.10. The van der Waals surface area contributed by atoms with Gasteiger partial charge in [0, 0.05) is 10.0 Å². The molecule has 4 nitrogen and oxygen atoms in total. The quantitative estimate of drug-likeness (QED) is 0.436. The van der Waals surface area contributed by atoms with Gasteiger partial charge in [-0.1, -0.05) is 15.9 Å². The number of halogens is 3. The van der Waals surface area contributed by atoms with Crippen LogP contribution in [0.3, 0.4) is 0 Å². The van der Waals surface area contributed by atoms with E-state index in [-0.39, 0.29) is 11.6 Å². The van der Waals surface area contributed by atoms with Crippen LogP contribution in [0.25, 0.3) is 0 Å². The molecular formula is C13H8BrClFNO3. The zero-order valence-electron chi connectivity index (χ0n) is 9.98. The number of benzene rings is 2. The van der Waals surface area contributed by atoms with Crippen LogP contribution >= 0.6 is 27.5 Å². The SMILES string of the molecule is O=[N+]([O-])c1cc(F)ccc1Oc1ccc(Br)cc1CCl. The van der Waals surface area contributed by atoms with Gasteiger partial charge in [-0.2, -0.15) is 0 Å². The minimum atomic E-state index is -0.697. The molecule has 2 aromatic rings. The molecule has 0 aliphatic rings. The Kier molecular flexibility index (Phi) is 4.57. The zero-order chi connectivity index (χ0) is 14.7. The molecule has 0 heterocycles. The summed E-state index contributed by atoms with van der Waals surface area (Å²) in [6.45, 7) is 0. The molecule has 0 atom stereocenters. The van der Waals surface area contributed by atoms with Crippen molar-refractivity contribution in [2.24, 2.45) is 0 Å². The highest BCUT2D eigenvalue weighted by molar-refractivity contribution is 9.10. The van der Waals surface area contributed by atoms with E-state index < -0.39 is 16.4 Å². The van der Waals surface area contributed by atoms with Gasteiger partial charge in [0.1, 0.15) is 11.6 Å². The van der Waals surface area contributed by atoms with Gasteiger partial charge in [0.25, 0.3) is 0 Å². The Morgan fingerprint density at radius 1 is 1.25 bits per heavy atom. The van der Waals surface area contributed by atoms with E-state index in [1.165, 1.54) is 6.07 Å². The molecule has 0 saturated carbocycles. The van der Waals surface area contributed by atoms with Crippen LogP contribution in [0.15, 0.2) is 40.9 Å². The van der Waals surface area contributed by atoms with Gasteiger partial charge in [-0.15, -0.1) is 11.6 Å². The topological polar surface area (TPSA) is 52.4 Å². The fourth-order valence-electron chi connectivity index (χ4n) is 1.59. The number of ether oxygens (including phenoxy) is 1. The summed E-state index contributed by atoms with van der Waals surface area (Å²) in [5.41, 5.74) is 0.230. The summed E-state index contributed by atoms with van der Waals surface area (Å²) < 4.78 is 19.4. The van der Waals surface area contributed by atoms with Crippen molar-refractivity contribution < 1.29 is 14.1 Å². The van der Waals surface area contributed by atoms with Crippen LogP contribution in [-0.2, 0) is 5.88 Å². The van der Waals surface area contributed by atoms with Gasteiger partial charge in [0.05, 0.1) is 16.9 Å². The minimum absolute atomic E-state index is 0.0370. The van der Waals surface area contributed by atoms with E-state index in [1.807, 2.05) is 0 Å². The van der Waals surface area contributed by atoms with Gasteiger partial charge >= 0.3 is 5.69 Å². The van der Waals surface area contributed by atoms with E-state index in [2.05, 4.69) is 15.9 Å². The van der Waals surface area contributed by atoms with Gasteiger partial charge in [0.15, 0.2) is 0 Å². The first-order valence-corrected chi connectivity index (χ1v) is 6.80. The summed E-state index contributed by atoms with van der Waals surface area (Å²) in [5.74, 6) is -0.163. The molecule has 2 rings (SSSR count). The smallest absolute Gasteiger partial charge is 0.314 e. The molecular weight excluding hydrogens is 353 g/mol. The summed E-state index contributed by atoms with van der Waals surface area (Å²) in [6, 6.07) is 8.23. The van der Waals surface area contributed by atoms with Crippen LogP contribution < -0.4 is 4.74 Å². The van der Waals surface area contributed by atoms with E-state index in [1.54, 1.807) is 18.2 Å². The standard InChI is InChI=1S/C13H8BrClFNO3/c14-9-1-3-12(8(5-9)7-15)20-13-4-2-10(16)6-11(13)17(18)19/h1-6H,7H2. The number of hydrogen-bond acceptors (Lipinski definition) is 3. The maximum atomic E-state index is 13.1. The summed E-state index contributed by atoms with van der Waals surface area (Å²) in [5, 5.41) is 10.9. The van der Waals surface area contributed by atoms with Crippen molar-refractivity contribution in [1.29, 1.82) is 0 Å². The molecule has 0 spiro atoms. The van der Waals surface area contributed by atoms with Crippen molar-refractivity contribution in [2.45, 2.75) is 5.88 Å². The van der Waals surface area contributed by atoms with Crippen molar-refractivity contribution in [1.82, 2.24) is 0 Å². The summed E-state index contributed by atoms with van der Waals surface area (Å²) in [4.78, 5) is 10.2. The number of alkyl halides is 1. The molecule has 0 fully saturated rings. The lowest BCUT2D eigenvalue weighted by molar-refractivity contribution is -0.385. The molecule has 7 heteroatoms. The van der Waals surface area contributed by atoms with Crippen LogP contribution in [0.2, 0.25) is 0 Å². The van der Waals surface area contributed by atoms with Crippen LogP contribution in [0.4, 0.5) is 10.1 Å². The van der Waals surface area contributed by atoms with Crippen molar-refractivity contribution in [3.8, 4) is 11.5 Å². The Morgan fingerprint density at radius 2 is 1.95 bits per heavy atom. The second kappa shape index (κ2) is 6.19. The fraction of sp³-hybridized carbons (Fsp3) is 0.0769. The number of nitro groups is 1. The molecule has 0 unspecified atom stereocenters. The highest BCUT2D eigenvalue weighted by Gasteiger charge is 2.18. The van der Waals surface area contributed by atoms with Crippen LogP contribution in [-0.4, -0.2) is 4.92 Å². The summed E-state index contributed by atoms with van der Waals surface area (Å²) in [7, 11) is 0. The maximum Gasteiger partial charge on any atom is 0.314 e. The lowest BCUT2D eigenvalue weighted by atomic mass is 10.2. The van der Waals surface area contributed by atoms with Crippen LogP contribution in [0, 0.1) is 15.9 Å². The molecule has 0 radical (unpaired) electrons. The molecule has 0 bridgehead atoms. The van der Waals surface area contributed by atoms with Gasteiger partial charge < -0.3 is 4.74 Å². The molecule has 0 amide bonds. The van der Waals surface area contributed by atoms with Crippen molar-refractivity contribution in [3.63, 3.8) is 0 Å². The molecule has 0 aliphatic heterocycles. The van der Waals surface area contributed by atoms with Crippen molar-refractivity contribution in [2.75, 3.05) is 0 Å². The predicted octanol–water partition coefficient (Wildman–Crippen LogP) is 5.03. The Labute approximate surface area is 127 Å². The van der Waals surface area contributed by atoms with Crippen LogP contribution in [0.1, 0.15) is 5.56 Å². The second-order valence-corrected chi connectivity index (χ2v) is 5.04. The van der Waals surface area contributed by atoms with Crippen molar-refractivity contribution >= 4 is 33.2 Å². The third-order valence-corrected chi connectivity index (χ3v) is 3.29. The third kappa shape index (κ3) is 3.26. The Bertz CT molecular complexity index is 666. The number of hydrogen-bond donors (Lipinski definition) is 0. The highest BCUT2D eigenvalue weighted by Crippen LogP contribution is 2.34. The average molecular weight is 361 g/mol. The van der Waals surface area contributed by atoms with Gasteiger partial charge in [-0.25, -0.2) is 4.39 Å². The van der Waals surface area contributed by atoms with E-state index >= 15 is 0 Å². The average Bonchev–Trinajstić information content (AvgIpc) is 2.42. The monoisotopic (exact) mass is 359 g/mol. The first-order chi connectivity index (χ1) is 9.51. The normalized spacial score (nSPS) is 10.3. The first kappa shape index (κ1) is 14.7. The lowest BCUT2D eigenvalue weighted by Crippen LogP contribution is -1.96. The van der Waals surface area contributed by atoms with E-state index in [9.17, 15) is 14.5 Å². The Balaban J connectivity index is 2.42. The van der Waals surface area contributed by atoms with Gasteiger partial charge in [-0.3, -0.25) is 10.1 Å². The van der Waals surface area contributed by atoms with Crippen LogP contribution in [0.5, 0.6) is 11.5 Å². The Morgan fingerprint density at radius 3 is 2.60 bits per heavy atom. The highest BCUT2D eigenvalue weighted by atomic mass is 79.9. The van der Waals surface area contributed by atoms with Crippen molar-refractivity contribution in [3.05, 3.63) is 62.4 Å². The third-order valence-electron chi connectivity index (χ3n) is 2.50. The maximum absolute atomic E-state index is 13.1.